The molecule has 0 aliphatic carbocycles. The van der Waals surface area contributed by atoms with Gasteiger partial charge in [0.15, 0.2) is 11.5 Å². The maximum absolute atomic E-state index is 12.5. The summed E-state index contributed by atoms with van der Waals surface area (Å²) < 4.78 is 15.8. The molecule has 0 saturated heterocycles. The third-order valence-corrected chi connectivity index (χ3v) is 4.82. The topological polar surface area (TPSA) is 118 Å². The second-order valence-electron chi connectivity index (χ2n) is 6.95. The molecule has 10 nitrogen and oxygen atoms in total. The summed E-state index contributed by atoms with van der Waals surface area (Å²) in [5.41, 5.74) is 1.72. The fourth-order valence-corrected chi connectivity index (χ4v) is 3.33. The van der Waals surface area contributed by atoms with Gasteiger partial charge in [0.25, 0.3) is 0 Å². The molecule has 10 heteroatoms. The number of amides is 4. The first kappa shape index (κ1) is 22.7. The normalized spacial score (nSPS) is 12.3. The van der Waals surface area contributed by atoms with Crippen LogP contribution in [0.3, 0.4) is 0 Å². The van der Waals surface area contributed by atoms with Crippen LogP contribution in [0.5, 0.6) is 17.2 Å². The first-order valence-corrected chi connectivity index (χ1v) is 10.0. The fraction of sp³-hybridized carbons (Fsp3) is 0.318. The lowest BCUT2D eigenvalue weighted by molar-refractivity contribution is -0.116. The number of hydrogen-bond acceptors (Lipinski definition) is 6. The Morgan fingerprint density at radius 3 is 2.41 bits per heavy atom. The van der Waals surface area contributed by atoms with Crippen LogP contribution in [0.2, 0.25) is 0 Å². The van der Waals surface area contributed by atoms with Crippen LogP contribution in [-0.2, 0) is 9.59 Å². The molecule has 3 N–H and O–H groups in total. The average molecular weight is 442 g/mol. The third kappa shape index (κ3) is 5.20. The first-order chi connectivity index (χ1) is 15.5. The van der Waals surface area contributed by atoms with Crippen molar-refractivity contribution in [2.75, 3.05) is 50.0 Å². The van der Waals surface area contributed by atoms with E-state index in [-0.39, 0.29) is 31.3 Å². The molecule has 2 aromatic rings. The molecule has 1 heterocycles. The molecule has 0 saturated carbocycles. The highest BCUT2D eigenvalue weighted by atomic mass is 16.5. The van der Waals surface area contributed by atoms with Gasteiger partial charge in [0, 0.05) is 30.8 Å². The minimum Gasteiger partial charge on any atom is -0.493 e. The van der Waals surface area contributed by atoms with Crippen molar-refractivity contribution in [3.05, 3.63) is 36.4 Å². The summed E-state index contributed by atoms with van der Waals surface area (Å²) in [6, 6.07) is 9.97. The van der Waals surface area contributed by atoms with Crippen LogP contribution >= 0.6 is 0 Å². The maximum Gasteiger partial charge on any atom is 0.322 e. The third-order valence-electron chi connectivity index (χ3n) is 4.82. The number of para-hydroxylation sites is 2. The van der Waals surface area contributed by atoms with Crippen LogP contribution in [0, 0.1) is 0 Å². The minimum atomic E-state index is -0.391. The highest BCUT2D eigenvalue weighted by Crippen LogP contribution is 2.40. The highest BCUT2D eigenvalue weighted by molar-refractivity contribution is 6.09. The summed E-state index contributed by atoms with van der Waals surface area (Å²) >= 11 is 0. The number of fused-ring (bicyclic) bond motifs is 1. The van der Waals surface area contributed by atoms with Gasteiger partial charge in [0.05, 0.1) is 32.7 Å². The van der Waals surface area contributed by atoms with E-state index in [0.717, 1.165) is 0 Å². The molecule has 170 valence electrons. The standard InChI is InChI=1S/C22H26N4O6/c1-30-17-11-14(12-18(31-2)21(17)32-3)24-19(27)9-6-10-23-22(29)26-13-20(28)25-15-7-4-5-8-16(15)26/h4-5,7-8,11-12H,6,9-10,13H2,1-3H3,(H,23,29)(H,24,27)(H,25,28). The molecular weight excluding hydrogens is 416 g/mol. The molecule has 0 radical (unpaired) electrons. The van der Waals surface area contributed by atoms with Crippen LogP contribution in [0.25, 0.3) is 0 Å². The molecule has 2 aromatic carbocycles. The number of benzene rings is 2. The van der Waals surface area contributed by atoms with Crippen LogP contribution in [0.15, 0.2) is 36.4 Å². The van der Waals surface area contributed by atoms with E-state index in [1.54, 1.807) is 36.4 Å². The summed E-state index contributed by atoms with van der Waals surface area (Å²) in [7, 11) is 4.49. The van der Waals surface area contributed by atoms with Gasteiger partial charge in [-0.25, -0.2) is 4.79 Å². The number of carbonyl (C=O) groups excluding carboxylic acids is 3. The van der Waals surface area contributed by atoms with E-state index >= 15 is 0 Å². The van der Waals surface area contributed by atoms with Gasteiger partial charge < -0.3 is 30.2 Å². The van der Waals surface area contributed by atoms with Gasteiger partial charge >= 0.3 is 6.03 Å². The van der Waals surface area contributed by atoms with Crippen molar-refractivity contribution >= 4 is 34.9 Å². The molecule has 0 fully saturated rings. The summed E-state index contributed by atoms with van der Waals surface area (Å²) in [4.78, 5) is 38.1. The number of ether oxygens (including phenoxy) is 3. The number of rotatable bonds is 8. The number of carbonyl (C=O) groups is 3. The zero-order valence-electron chi connectivity index (χ0n) is 18.2. The number of nitrogens with zero attached hydrogens (tertiary/aromatic N) is 1. The number of methoxy groups -OCH3 is 3. The Bertz CT molecular complexity index is 985. The van der Waals surface area contributed by atoms with Gasteiger partial charge in [0.1, 0.15) is 6.54 Å². The van der Waals surface area contributed by atoms with E-state index in [1.165, 1.54) is 26.2 Å². The molecule has 1 aliphatic rings. The van der Waals surface area contributed by atoms with Gasteiger partial charge in [0.2, 0.25) is 17.6 Å². The van der Waals surface area contributed by atoms with Gasteiger partial charge in [-0.2, -0.15) is 0 Å². The van der Waals surface area contributed by atoms with Gasteiger partial charge in [-0.05, 0) is 18.6 Å². The van der Waals surface area contributed by atoms with Crippen molar-refractivity contribution in [3.8, 4) is 17.2 Å². The Morgan fingerprint density at radius 2 is 1.75 bits per heavy atom. The molecule has 4 amide bonds. The molecule has 0 aromatic heterocycles. The van der Waals surface area contributed by atoms with Crippen LogP contribution in [-0.4, -0.2) is 52.3 Å². The lowest BCUT2D eigenvalue weighted by atomic mass is 10.2. The van der Waals surface area contributed by atoms with Gasteiger partial charge in [-0.15, -0.1) is 0 Å². The van der Waals surface area contributed by atoms with Crippen LogP contribution in [0.4, 0.5) is 21.9 Å². The minimum absolute atomic E-state index is 0.0650. The summed E-state index contributed by atoms with van der Waals surface area (Å²) in [5, 5.41) is 8.27. The van der Waals surface area contributed by atoms with E-state index in [4.69, 9.17) is 14.2 Å². The number of hydrogen-bond donors (Lipinski definition) is 3. The number of anilines is 3. The second-order valence-corrected chi connectivity index (χ2v) is 6.95. The predicted molar refractivity (Wildman–Crippen MR) is 120 cm³/mol. The van der Waals surface area contributed by atoms with E-state index in [9.17, 15) is 14.4 Å². The summed E-state index contributed by atoms with van der Waals surface area (Å²) in [6.07, 6.45) is 0.609. The molecule has 0 atom stereocenters. The Morgan fingerprint density at radius 1 is 1.06 bits per heavy atom. The van der Waals surface area contributed by atoms with Crippen molar-refractivity contribution in [1.29, 1.82) is 0 Å². The first-order valence-electron chi connectivity index (χ1n) is 10.0. The quantitative estimate of drug-likeness (QED) is 0.541. The van der Waals surface area contributed by atoms with E-state index < -0.39 is 6.03 Å². The van der Waals surface area contributed by atoms with Crippen molar-refractivity contribution in [3.63, 3.8) is 0 Å². The lowest BCUT2D eigenvalue weighted by Gasteiger charge is -2.29. The number of urea groups is 1. The van der Waals surface area contributed by atoms with Crippen molar-refractivity contribution in [2.45, 2.75) is 12.8 Å². The summed E-state index contributed by atoms with van der Waals surface area (Å²) in [6.45, 7) is 0.215. The zero-order chi connectivity index (χ0) is 23.1. The largest absolute Gasteiger partial charge is 0.493 e. The number of nitrogens with one attached hydrogen (secondary N) is 3. The van der Waals surface area contributed by atoms with Gasteiger partial charge in [-0.3, -0.25) is 14.5 Å². The fourth-order valence-electron chi connectivity index (χ4n) is 3.33. The Balaban J connectivity index is 1.51. The van der Waals surface area contributed by atoms with E-state index in [1.807, 2.05) is 0 Å². The van der Waals surface area contributed by atoms with Crippen molar-refractivity contribution in [1.82, 2.24) is 5.32 Å². The Hall–Kier alpha value is -3.95. The van der Waals surface area contributed by atoms with E-state index in [2.05, 4.69) is 16.0 Å². The maximum atomic E-state index is 12.5. The highest BCUT2D eigenvalue weighted by Gasteiger charge is 2.26. The molecular formula is C22H26N4O6. The van der Waals surface area contributed by atoms with Crippen molar-refractivity contribution in [2.24, 2.45) is 0 Å². The molecule has 1 aliphatic heterocycles. The molecule has 0 unspecified atom stereocenters. The molecule has 32 heavy (non-hydrogen) atoms. The van der Waals surface area contributed by atoms with Crippen LogP contribution < -0.4 is 35.1 Å². The zero-order valence-corrected chi connectivity index (χ0v) is 18.2. The van der Waals surface area contributed by atoms with Gasteiger partial charge in [-0.1, -0.05) is 12.1 Å². The second kappa shape index (κ2) is 10.4. The summed E-state index contributed by atoms with van der Waals surface area (Å²) in [5.74, 6) is 0.809. The Labute approximate surface area is 185 Å². The van der Waals surface area contributed by atoms with E-state index in [0.29, 0.717) is 40.7 Å². The molecule has 3 rings (SSSR count). The predicted octanol–water partition coefficient (Wildman–Crippen LogP) is 2.60. The Kier molecular flexibility index (Phi) is 7.37. The smallest absolute Gasteiger partial charge is 0.322 e. The van der Waals surface area contributed by atoms with Crippen LogP contribution in [0.1, 0.15) is 12.8 Å². The molecule has 0 spiro atoms. The monoisotopic (exact) mass is 442 g/mol. The lowest BCUT2D eigenvalue weighted by Crippen LogP contribution is -2.47. The average Bonchev–Trinajstić information content (AvgIpc) is 2.80. The molecule has 0 bridgehead atoms. The SMILES string of the molecule is COc1cc(NC(=O)CCCNC(=O)N2CC(=O)Nc3ccccc32)cc(OC)c1OC. The van der Waals surface area contributed by atoms with Crippen molar-refractivity contribution < 1.29 is 28.6 Å².